The molecule has 1 heterocycles. The first-order valence-electron chi connectivity index (χ1n) is 5.77. The zero-order chi connectivity index (χ0) is 12.9. The summed E-state index contributed by atoms with van der Waals surface area (Å²) in [7, 11) is -0.914. The van der Waals surface area contributed by atoms with Crippen LogP contribution in [-0.4, -0.2) is 69.5 Å². The number of amides is 1. The van der Waals surface area contributed by atoms with Crippen LogP contribution >= 0.6 is 0 Å². The Morgan fingerprint density at radius 1 is 1.24 bits per heavy atom. The number of hydrogen-bond donors (Lipinski definition) is 1. The highest BCUT2D eigenvalue weighted by atomic mass is 32.2. The molecule has 17 heavy (non-hydrogen) atoms. The molecule has 1 saturated heterocycles. The average Bonchev–Trinajstić information content (AvgIpc) is 2.19. The quantitative estimate of drug-likeness (QED) is 0.695. The van der Waals surface area contributed by atoms with Crippen LogP contribution in [0.3, 0.4) is 0 Å². The van der Waals surface area contributed by atoms with Crippen LogP contribution in [0.5, 0.6) is 0 Å². The monoisotopic (exact) mass is 263 g/mol. The molecule has 1 aliphatic heterocycles. The summed E-state index contributed by atoms with van der Waals surface area (Å²) in [6.45, 7) is 3.50. The Kier molecular flexibility index (Phi) is 5.35. The summed E-state index contributed by atoms with van der Waals surface area (Å²) in [6.07, 6.45) is 1.84. The minimum atomic E-state index is -2.96. The molecule has 0 aromatic rings. The van der Waals surface area contributed by atoms with Crippen molar-refractivity contribution in [2.45, 2.75) is 12.8 Å². The van der Waals surface area contributed by atoms with Gasteiger partial charge in [0.1, 0.15) is 9.84 Å². The summed E-state index contributed by atoms with van der Waals surface area (Å²) in [5.41, 5.74) is 2.80. The van der Waals surface area contributed by atoms with Gasteiger partial charge in [-0.25, -0.2) is 13.4 Å². The van der Waals surface area contributed by atoms with Crippen LogP contribution in [-0.2, 0) is 14.6 Å². The lowest BCUT2D eigenvalue weighted by molar-refractivity contribution is -0.126. The predicted molar refractivity (Wildman–Crippen MR) is 66.2 cm³/mol. The Morgan fingerprint density at radius 2 is 1.82 bits per heavy atom. The SMILES string of the molecule is CN1CCN(NC(=O)CCCS(C)(=O)=O)CC1. The predicted octanol–water partition coefficient (Wildman–Crippen LogP) is -0.910. The third-order valence-corrected chi connectivity index (χ3v) is 3.74. The fourth-order valence-corrected chi connectivity index (χ4v) is 2.31. The summed E-state index contributed by atoms with van der Waals surface area (Å²) < 4.78 is 21.8. The molecule has 6 nitrogen and oxygen atoms in total. The van der Waals surface area contributed by atoms with Crippen LogP contribution < -0.4 is 5.43 Å². The Hall–Kier alpha value is -0.660. The van der Waals surface area contributed by atoms with Gasteiger partial charge in [-0.3, -0.25) is 10.2 Å². The van der Waals surface area contributed by atoms with E-state index in [1.807, 2.05) is 12.1 Å². The molecular weight excluding hydrogens is 242 g/mol. The molecule has 0 aromatic carbocycles. The molecule has 1 aliphatic rings. The summed E-state index contributed by atoms with van der Waals surface area (Å²) >= 11 is 0. The van der Waals surface area contributed by atoms with E-state index in [0.29, 0.717) is 6.42 Å². The van der Waals surface area contributed by atoms with Gasteiger partial charge in [0.2, 0.25) is 5.91 Å². The number of hydrogen-bond acceptors (Lipinski definition) is 5. The van der Waals surface area contributed by atoms with Crippen molar-refractivity contribution in [3.05, 3.63) is 0 Å². The van der Waals surface area contributed by atoms with Gasteiger partial charge in [0.05, 0.1) is 5.75 Å². The number of hydrazine groups is 1. The molecule has 1 fully saturated rings. The van der Waals surface area contributed by atoms with E-state index in [-0.39, 0.29) is 18.1 Å². The zero-order valence-corrected chi connectivity index (χ0v) is 11.3. The normalized spacial score (nSPS) is 19.2. The standard InChI is InChI=1S/C10H21N3O3S/c1-12-5-7-13(8-6-12)11-10(14)4-3-9-17(2,15)16/h3-9H2,1-2H3,(H,11,14). The molecule has 0 radical (unpaired) electrons. The molecule has 0 spiro atoms. The van der Waals surface area contributed by atoms with Crippen LogP contribution in [0, 0.1) is 0 Å². The number of likely N-dealkylation sites (N-methyl/N-ethyl adjacent to an activating group) is 1. The molecule has 0 unspecified atom stereocenters. The van der Waals surface area contributed by atoms with Gasteiger partial charge >= 0.3 is 0 Å². The molecule has 0 aromatic heterocycles. The van der Waals surface area contributed by atoms with Crippen molar-refractivity contribution in [2.24, 2.45) is 0 Å². The summed E-state index contributed by atoms with van der Waals surface area (Å²) in [5.74, 6) is -0.0263. The van der Waals surface area contributed by atoms with Gasteiger partial charge in [0, 0.05) is 38.9 Å². The van der Waals surface area contributed by atoms with E-state index >= 15 is 0 Å². The lowest BCUT2D eigenvalue weighted by atomic mass is 10.3. The third-order valence-electron chi connectivity index (χ3n) is 2.71. The summed E-state index contributed by atoms with van der Waals surface area (Å²) in [4.78, 5) is 13.7. The van der Waals surface area contributed by atoms with E-state index in [4.69, 9.17) is 0 Å². The van der Waals surface area contributed by atoms with Crippen molar-refractivity contribution in [2.75, 3.05) is 45.2 Å². The van der Waals surface area contributed by atoms with Gasteiger partial charge < -0.3 is 4.90 Å². The minimum Gasteiger partial charge on any atom is -0.304 e. The topological polar surface area (TPSA) is 69.7 Å². The lowest BCUT2D eigenvalue weighted by Gasteiger charge is -2.32. The second-order valence-corrected chi connectivity index (χ2v) is 6.82. The van der Waals surface area contributed by atoms with Crippen LogP contribution in [0.15, 0.2) is 0 Å². The zero-order valence-electron chi connectivity index (χ0n) is 10.5. The van der Waals surface area contributed by atoms with Crippen LogP contribution in [0.25, 0.3) is 0 Å². The van der Waals surface area contributed by atoms with Crippen molar-refractivity contribution >= 4 is 15.7 Å². The number of piperazine rings is 1. The van der Waals surface area contributed by atoms with Gasteiger partial charge in [-0.2, -0.15) is 0 Å². The molecule has 0 bridgehead atoms. The molecule has 1 amide bonds. The third kappa shape index (κ3) is 6.60. The fraction of sp³-hybridized carbons (Fsp3) is 0.900. The maximum Gasteiger partial charge on any atom is 0.234 e. The number of carbonyl (C=O) groups excluding carboxylic acids is 1. The smallest absolute Gasteiger partial charge is 0.234 e. The van der Waals surface area contributed by atoms with Gasteiger partial charge in [-0.05, 0) is 13.5 Å². The molecule has 0 aliphatic carbocycles. The number of carbonyl (C=O) groups is 1. The van der Waals surface area contributed by atoms with Gasteiger partial charge in [0.25, 0.3) is 0 Å². The van der Waals surface area contributed by atoms with E-state index in [0.717, 1.165) is 26.2 Å². The van der Waals surface area contributed by atoms with E-state index in [1.54, 1.807) is 0 Å². The van der Waals surface area contributed by atoms with Crippen LogP contribution in [0.2, 0.25) is 0 Å². The van der Waals surface area contributed by atoms with Crippen LogP contribution in [0.4, 0.5) is 0 Å². The largest absolute Gasteiger partial charge is 0.304 e. The van der Waals surface area contributed by atoms with Crippen molar-refractivity contribution in [1.29, 1.82) is 0 Å². The Balaban J connectivity index is 2.17. The summed E-state index contributed by atoms with van der Waals surface area (Å²) in [5, 5.41) is 1.89. The van der Waals surface area contributed by atoms with Crippen LogP contribution in [0.1, 0.15) is 12.8 Å². The maximum atomic E-state index is 11.5. The van der Waals surface area contributed by atoms with Crippen molar-refractivity contribution in [3.8, 4) is 0 Å². The molecule has 0 atom stereocenters. The number of rotatable bonds is 5. The Bertz CT molecular complexity index is 348. The van der Waals surface area contributed by atoms with Gasteiger partial charge in [0.15, 0.2) is 0 Å². The van der Waals surface area contributed by atoms with E-state index < -0.39 is 9.84 Å². The second-order valence-electron chi connectivity index (χ2n) is 4.56. The van der Waals surface area contributed by atoms with Gasteiger partial charge in [-0.15, -0.1) is 0 Å². The second kappa shape index (κ2) is 6.32. The molecular formula is C10H21N3O3S. The first-order valence-corrected chi connectivity index (χ1v) is 7.83. The molecule has 1 N–H and O–H groups in total. The highest BCUT2D eigenvalue weighted by Crippen LogP contribution is 1.98. The first-order chi connectivity index (χ1) is 7.87. The highest BCUT2D eigenvalue weighted by Gasteiger charge is 2.15. The van der Waals surface area contributed by atoms with Crippen molar-refractivity contribution in [3.63, 3.8) is 0 Å². The van der Waals surface area contributed by atoms with E-state index in [9.17, 15) is 13.2 Å². The van der Waals surface area contributed by atoms with E-state index in [1.165, 1.54) is 6.26 Å². The molecule has 0 saturated carbocycles. The molecule has 1 rings (SSSR count). The van der Waals surface area contributed by atoms with E-state index in [2.05, 4.69) is 10.3 Å². The maximum absolute atomic E-state index is 11.5. The molecule has 7 heteroatoms. The number of nitrogens with one attached hydrogen (secondary N) is 1. The number of nitrogens with zero attached hydrogens (tertiary/aromatic N) is 2. The molecule has 100 valence electrons. The highest BCUT2D eigenvalue weighted by molar-refractivity contribution is 7.90. The Morgan fingerprint density at radius 3 is 2.35 bits per heavy atom. The van der Waals surface area contributed by atoms with Crippen molar-refractivity contribution < 1.29 is 13.2 Å². The lowest BCUT2D eigenvalue weighted by Crippen LogP contribution is -2.52. The first kappa shape index (κ1) is 14.4. The fourth-order valence-electron chi connectivity index (χ4n) is 1.65. The summed E-state index contributed by atoms with van der Waals surface area (Å²) in [6, 6.07) is 0. The Labute approximate surface area is 103 Å². The number of sulfone groups is 1. The average molecular weight is 263 g/mol. The minimum absolute atomic E-state index is 0.0726. The van der Waals surface area contributed by atoms with Crippen molar-refractivity contribution in [1.82, 2.24) is 15.3 Å². The van der Waals surface area contributed by atoms with Gasteiger partial charge in [-0.1, -0.05) is 0 Å².